The number of rotatable bonds is 6. The molecule has 1 aromatic heterocycles. The Balaban J connectivity index is 2.09. The van der Waals surface area contributed by atoms with Gasteiger partial charge in [0.05, 0.1) is 13.2 Å². The van der Waals surface area contributed by atoms with Crippen molar-refractivity contribution in [3.05, 3.63) is 23.5 Å². The van der Waals surface area contributed by atoms with Crippen LogP contribution in [0.3, 0.4) is 0 Å². The summed E-state index contributed by atoms with van der Waals surface area (Å²) in [6, 6.07) is 1.28. The van der Waals surface area contributed by atoms with Crippen LogP contribution in [0.4, 0.5) is 4.79 Å². The van der Waals surface area contributed by atoms with Gasteiger partial charge in [-0.15, -0.1) is 0 Å². The lowest BCUT2D eigenvalue weighted by Gasteiger charge is -2.27. The number of hydrogen-bond acceptors (Lipinski definition) is 7. The number of aliphatic hydroxyl groups is 2. The van der Waals surface area contributed by atoms with Crippen molar-refractivity contribution in [2.75, 3.05) is 19.4 Å². The van der Waals surface area contributed by atoms with Crippen LogP contribution < -0.4 is 5.48 Å². The van der Waals surface area contributed by atoms with E-state index in [0.29, 0.717) is 11.3 Å². The molecule has 0 aromatic carbocycles. The fourth-order valence-corrected chi connectivity index (χ4v) is 3.51. The van der Waals surface area contributed by atoms with Crippen molar-refractivity contribution < 1.29 is 33.4 Å². The maximum atomic E-state index is 12.5. The molecule has 1 aliphatic heterocycles. The number of hydroxylamine groups is 1. The van der Waals surface area contributed by atoms with Crippen molar-refractivity contribution in [1.29, 1.82) is 0 Å². The Morgan fingerprint density at radius 3 is 2.66 bits per heavy atom. The normalized spacial score (nSPS) is 16.0. The molecule has 10 nitrogen and oxygen atoms in total. The quantitative estimate of drug-likeness (QED) is 0.252. The van der Waals surface area contributed by atoms with Crippen LogP contribution in [0.2, 0.25) is 0 Å². The zero-order chi connectivity index (χ0) is 21.8. The largest absolute Gasteiger partial charge is 0.393 e. The molecule has 29 heavy (non-hydrogen) atoms. The summed E-state index contributed by atoms with van der Waals surface area (Å²) in [6.07, 6.45) is 1.05. The lowest BCUT2D eigenvalue weighted by molar-refractivity contribution is -0.131. The number of aromatic nitrogens is 1. The lowest BCUT2D eigenvalue weighted by Crippen LogP contribution is -2.50. The minimum atomic E-state index is -3.85. The van der Waals surface area contributed by atoms with Crippen molar-refractivity contribution in [1.82, 2.24) is 14.9 Å². The fraction of sp³-hybridized carbons (Fsp3) is 0.444. The first-order valence-corrected chi connectivity index (χ1v) is 10.4. The molecule has 0 radical (unpaired) electrons. The highest BCUT2D eigenvalue weighted by Crippen LogP contribution is 2.25. The van der Waals surface area contributed by atoms with Gasteiger partial charge in [-0.05, 0) is 31.3 Å². The van der Waals surface area contributed by atoms with Gasteiger partial charge in [0.15, 0.2) is 14.6 Å². The number of sulfone groups is 1. The molecule has 2 heterocycles. The third kappa shape index (κ3) is 4.78. The Kier molecular flexibility index (Phi) is 6.72. The van der Waals surface area contributed by atoms with E-state index in [1.807, 2.05) is 0 Å². The van der Waals surface area contributed by atoms with Gasteiger partial charge < -0.3 is 15.1 Å². The summed E-state index contributed by atoms with van der Waals surface area (Å²) < 4.78 is 23.5. The Bertz CT molecular complexity index is 1040. The van der Waals surface area contributed by atoms with Gasteiger partial charge in [0.1, 0.15) is 6.10 Å². The first kappa shape index (κ1) is 22.5. The molecule has 1 aliphatic rings. The van der Waals surface area contributed by atoms with E-state index in [0.717, 1.165) is 6.26 Å². The van der Waals surface area contributed by atoms with Crippen molar-refractivity contribution in [3.8, 4) is 23.7 Å². The summed E-state index contributed by atoms with van der Waals surface area (Å²) in [6.45, 7) is 0.897. The fourth-order valence-electron chi connectivity index (χ4n) is 2.67. The van der Waals surface area contributed by atoms with Crippen LogP contribution in [-0.4, -0.2) is 75.5 Å². The third-order valence-electron chi connectivity index (χ3n) is 4.67. The van der Waals surface area contributed by atoms with Crippen LogP contribution in [-0.2, 0) is 21.2 Å². The van der Waals surface area contributed by atoms with E-state index in [1.54, 1.807) is 6.07 Å². The highest BCUT2D eigenvalue weighted by atomic mass is 32.2. The summed E-state index contributed by atoms with van der Waals surface area (Å²) >= 11 is 0. The molecule has 0 saturated heterocycles. The molecule has 0 fully saturated rings. The van der Waals surface area contributed by atoms with E-state index in [-0.39, 0.29) is 19.5 Å². The SMILES string of the molecule is C[C@@](CCN1Cc2cc(C#CC#C[C@H](O)CO)cn2C1=O)(C(=O)NO)S(C)(=O)=O. The van der Waals surface area contributed by atoms with Gasteiger partial charge in [0.25, 0.3) is 5.91 Å². The minimum Gasteiger partial charge on any atom is -0.393 e. The number of amides is 2. The molecule has 4 N–H and O–H groups in total. The zero-order valence-electron chi connectivity index (χ0n) is 15.8. The molecule has 0 aliphatic carbocycles. The molecule has 0 unspecified atom stereocenters. The number of nitrogens with zero attached hydrogens (tertiary/aromatic N) is 2. The summed E-state index contributed by atoms with van der Waals surface area (Å²) in [5.41, 5.74) is 2.53. The molecular weight excluding hydrogens is 402 g/mol. The number of carbonyl (C=O) groups excluding carboxylic acids is 2. The van der Waals surface area contributed by atoms with Crippen molar-refractivity contribution in [3.63, 3.8) is 0 Å². The number of carbonyl (C=O) groups is 2. The zero-order valence-corrected chi connectivity index (χ0v) is 16.7. The van der Waals surface area contributed by atoms with Crippen LogP contribution in [0.1, 0.15) is 24.6 Å². The van der Waals surface area contributed by atoms with Gasteiger partial charge in [-0.1, -0.05) is 11.8 Å². The summed E-state index contributed by atoms with van der Waals surface area (Å²) in [5.74, 6) is 8.89. The number of nitrogens with one attached hydrogen (secondary N) is 1. The topological polar surface area (TPSA) is 149 Å². The molecule has 11 heteroatoms. The molecule has 0 spiro atoms. The Labute approximate surface area is 168 Å². The van der Waals surface area contributed by atoms with E-state index >= 15 is 0 Å². The number of aliphatic hydroxyl groups excluding tert-OH is 2. The highest BCUT2D eigenvalue weighted by Gasteiger charge is 2.44. The lowest BCUT2D eigenvalue weighted by atomic mass is 10.1. The summed E-state index contributed by atoms with van der Waals surface area (Å²) in [7, 11) is -3.85. The highest BCUT2D eigenvalue weighted by molar-refractivity contribution is 7.92. The molecule has 2 amide bonds. The number of hydrogen-bond donors (Lipinski definition) is 4. The Morgan fingerprint density at radius 2 is 2.10 bits per heavy atom. The molecule has 2 rings (SSSR count). The molecular formula is C18H21N3O7S. The van der Waals surface area contributed by atoms with E-state index in [4.69, 9.17) is 15.4 Å². The van der Waals surface area contributed by atoms with Crippen LogP contribution in [0.15, 0.2) is 12.3 Å². The third-order valence-corrected chi connectivity index (χ3v) is 6.70. The standard InChI is InChI=1S/C18H21N3O7S/c1-18(16(24)19-26,29(2,27)28)7-8-20-11-14-9-13(10-21(14)17(20)25)5-3-4-6-15(23)12-22/h9-10,15,22-23,26H,7-8,11-12H2,1-2H3,(H,19,24)/t15-,18+/m0/s1. The van der Waals surface area contributed by atoms with Crippen molar-refractivity contribution in [2.45, 2.75) is 30.7 Å². The predicted molar refractivity (Wildman–Crippen MR) is 101 cm³/mol. The maximum absolute atomic E-state index is 12.5. The predicted octanol–water partition coefficient (Wildman–Crippen LogP) is -1.32. The average Bonchev–Trinajstić information content (AvgIpc) is 3.20. The van der Waals surface area contributed by atoms with Crippen LogP contribution >= 0.6 is 0 Å². The maximum Gasteiger partial charge on any atom is 0.328 e. The van der Waals surface area contributed by atoms with E-state index in [1.165, 1.54) is 28.1 Å². The number of fused-ring (bicyclic) bond motifs is 1. The van der Waals surface area contributed by atoms with Crippen LogP contribution in [0, 0.1) is 23.7 Å². The second-order valence-electron chi connectivity index (χ2n) is 6.71. The van der Waals surface area contributed by atoms with E-state index in [2.05, 4.69) is 23.7 Å². The van der Waals surface area contributed by atoms with E-state index in [9.17, 15) is 18.0 Å². The molecule has 156 valence electrons. The molecule has 0 bridgehead atoms. The minimum absolute atomic E-state index is 0.0109. The Hall–Kier alpha value is -2.83. The average molecular weight is 423 g/mol. The molecule has 1 aromatic rings. The van der Waals surface area contributed by atoms with Crippen LogP contribution in [0.25, 0.3) is 0 Å². The van der Waals surface area contributed by atoms with Gasteiger partial charge in [-0.25, -0.2) is 18.7 Å². The van der Waals surface area contributed by atoms with Crippen molar-refractivity contribution >= 4 is 21.8 Å². The van der Waals surface area contributed by atoms with Gasteiger partial charge in [0, 0.05) is 30.3 Å². The second kappa shape index (κ2) is 8.68. The second-order valence-corrected chi connectivity index (χ2v) is 9.15. The van der Waals surface area contributed by atoms with Crippen LogP contribution in [0.5, 0.6) is 0 Å². The van der Waals surface area contributed by atoms with Gasteiger partial charge in [-0.2, -0.15) is 0 Å². The van der Waals surface area contributed by atoms with Gasteiger partial charge in [0.2, 0.25) is 0 Å². The monoisotopic (exact) mass is 423 g/mol. The first-order chi connectivity index (χ1) is 13.5. The van der Waals surface area contributed by atoms with E-state index < -0.39 is 39.2 Å². The molecule has 2 atom stereocenters. The van der Waals surface area contributed by atoms with Gasteiger partial charge in [-0.3, -0.25) is 14.6 Å². The summed E-state index contributed by atoms with van der Waals surface area (Å²) in [4.78, 5) is 25.8. The Morgan fingerprint density at radius 1 is 1.41 bits per heavy atom. The molecule has 0 saturated carbocycles. The first-order valence-electron chi connectivity index (χ1n) is 8.48. The van der Waals surface area contributed by atoms with Gasteiger partial charge >= 0.3 is 6.03 Å². The van der Waals surface area contributed by atoms with Crippen molar-refractivity contribution in [2.24, 2.45) is 0 Å². The smallest absolute Gasteiger partial charge is 0.328 e. The summed E-state index contributed by atoms with van der Waals surface area (Å²) in [5, 5.41) is 26.6.